The summed E-state index contributed by atoms with van der Waals surface area (Å²) in [6.45, 7) is 6.26. The Hall–Kier alpha value is -0.120. The highest BCUT2D eigenvalue weighted by atomic mass is 16.6. The van der Waals surface area contributed by atoms with E-state index in [1.807, 2.05) is 6.92 Å². The zero-order valence-corrected chi connectivity index (χ0v) is 9.41. The largest absolute Gasteiger partial charge is 0.390 e. The molecule has 2 heterocycles. The van der Waals surface area contributed by atoms with Crippen LogP contribution in [0.25, 0.3) is 0 Å². The summed E-state index contributed by atoms with van der Waals surface area (Å²) in [5.74, 6) is 0.381. The molecule has 3 nitrogen and oxygen atoms in total. The zero-order chi connectivity index (χ0) is 10.6. The first-order chi connectivity index (χ1) is 6.44. The summed E-state index contributed by atoms with van der Waals surface area (Å²) in [5, 5.41) is 9.93. The Morgan fingerprint density at radius 2 is 2.07 bits per heavy atom. The molecule has 0 spiro atoms. The van der Waals surface area contributed by atoms with E-state index in [2.05, 4.69) is 13.8 Å². The molecular weight excluding hydrogens is 180 g/mol. The van der Waals surface area contributed by atoms with E-state index in [1.54, 1.807) is 7.11 Å². The van der Waals surface area contributed by atoms with Gasteiger partial charge >= 0.3 is 0 Å². The third-order valence-electron chi connectivity index (χ3n) is 4.04. The smallest absolute Gasteiger partial charge is 0.100 e. The summed E-state index contributed by atoms with van der Waals surface area (Å²) in [5.41, 5.74) is -0.645. The highest BCUT2D eigenvalue weighted by molar-refractivity contribution is 5.14. The van der Waals surface area contributed by atoms with Crippen molar-refractivity contribution >= 4 is 0 Å². The molecule has 0 unspecified atom stereocenters. The van der Waals surface area contributed by atoms with Gasteiger partial charge in [-0.15, -0.1) is 0 Å². The summed E-state index contributed by atoms with van der Waals surface area (Å²) >= 11 is 0. The van der Waals surface area contributed by atoms with Gasteiger partial charge in [0, 0.05) is 20.0 Å². The van der Waals surface area contributed by atoms with Crippen molar-refractivity contribution in [3.63, 3.8) is 0 Å². The van der Waals surface area contributed by atoms with Crippen molar-refractivity contribution in [1.82, 2.24) is 0 Å². The Kier molecular flexibility index (Phi) is 2.18. The van der Waals surface area contributed by atoms with E-state index >= 15 is 0 Å². The van der Waals surface area contributed by atoms with E-state index in [4.69, 9.17) is 9.47 Å². The topological polar surface area (TPSA) is 38.7 Å². The van der Waals surface area contributed by atoms with Crippen LogP contribution in [0.3, 0.4) is 0 Å². The fourth-order valence-electron chi connectivity index (χ4n) is 2.99. The van der Waals surface area contributed by atoms with Crippen molar-refractivity contribution in [2.75, 3.05) is 7.11 Å². The van der Waals surface area contributed by atoms with Crippen molar-refractivity contribution in [2.24, 2.45) is 5.92 Å². The van der Waals surface area contributed by atoms with Crippen molar-refractivity contribution in [3.8, 4) is 0 Å². The highest BCUT2D eigenvalue weighted by Gasteiger charge is 2.65. The lowest BCUT2D eigenvalue weighted by Crippen LogP contribution is -2.47. The van der Waals surface area contributed by atoms with Gasteiger partial charge in [0.05, 0.1) is 17.8 Å². The second kappa shape index (κ2) is 2.94. The molecule has 2 bridgehead atoms. The van der Waals surface area contributed by atoms with Crippen LogP contribution in [0.2, 0.25) is 0 Å². The lowest BCUT2D eigenvalue weighted by molar-refractivity contribution is -0.109. The Morgan fingerprint density at radius 3 is 2.50 bits per heavy atom. The molecule has 3 heteroatoms. The van der Waals surface area contributed by atoms with E-state index in [0.717, 1.165) is 6.42 Å². The van der Waals surface area contributed by atoms with Gasteiger partial charge < -0.3 is 14.6 Å². The maximum absolute atomic E-state index is 9.93. The van der Waals surface area contributed by atoms with Gasteiger partial charge in [-0.25, -0.2) is 0 Å². The zero-order valence-electron chi connectivity index (χ0n) is 9.41. The second-order valence-corrected chi connectivity index (χ2v) is 5.17. The lowest BCUT2D eigenvalue weighted by atomic mass is 9.73. The molecule has 2 saturated heterocycles. The van der Waals surface area contributed by atoms with Gasteiger partial charge in [0.15, 0.2) is 0 Å². The molecule has 0 aromatic heterocycles. The van der Waals surface area contributed by atoms with Crippen LogP contribution in [0.4, 0.5) is 0 Å². The molecule has 2 aliphatic heterocycles. The first-order valence-electron chi connectivity index (χ1n) is 5.35. The molecule has 2 rings (SSSR count). The number of aliphatic hydroxyl groups excluding tert-OH is 1. The summed E-state index contributed by atoms with van der Waals surface area (Å²) in [6.07, 6.45) is 1.31. The Morgan fingerprint density at radius 1 is 1.43 bits per heavy atom. The number of methoxy groups -OCH3 is 1. The van der Waals surface area contributed by atoms with E-state index in [1.165, 1.54) is 0 Å². The Labute approximate surface area is 85.4 Å². The van der Waals surface area contributed by atoms with Crippen LogP contribution in [0.5, 0.6) is 0 Å². The maximum atomic E-state index is 9.93. The summed E-state index contributed by atoms with van der Waals surface area (Å²) in [6, 6.07) is 0. The molecule has 0 radical (unpaired) electrons. The average molecular weight is 200 g/mol. The van der Waals surface area contributed by atoms with Gasteiger partial charge in [-0.3, -0.25) is 0 Å². The maximum Gasteiger partial charge on any atom is 0.100 e. The monoisotopic (exact) mass is 200 g/mol. The van der Waals surface area contributed by atoms with Crippen molar-refractivity contribution in [3.05, 3.63) is 0 Å². The van der Waals surface area contributed by atoms with Gasteiger partial charge in [0.25, 0.3) is 0 Å². The highest BCUT2D eigenvalue weighted by Crippen LogP contribution is 2.54. The fourth-order valence-corrected chi connectivity index (χ4v) is 2.99. The lowest BCUT2D eigenvalue weighted by Gasteiger charge is -2.36. The normalized spacial score (nSPS) is 51.9. The van der Waals surface area contributed by atoms with Crippen LogP contribution < -0.4 is 0 Å². The third kappa shape index (κ3) is 1.09. The quantitative estimate of drug-likeness (QED) is 0.731. The number of hydrogen-bond donors (Lipinski definition) is 1. The second-order valence-electron chi connectivity index (χ2n) is 5.17. The van der Waals surface area contributed by atoms with Crippen molar-refractivity contribution in [2.45, 2.75) is 57.0 Å². The number of aliphatic hydroxyl groups is 1. The molecular formula is C11H20O3. The molecule has 82 valence electrons. The minimum atomic E-state index is -0.384. The standard InChI is InChI=1S/C11H20O3/c1-7(2)11-5-8(12)10(3,14-11)6-9(11)13-4/h7-9,12H,5-6H2,1-4H3/t8-,9+,10+,11-/m1/s1. The first-order valence-corrected chi connectivity index (χ1v) is 5.35. The summed E-state index contributed by atoms with van der Waals surface area (Å²) in [4.78, 5) is 0. The van der Waals surface area contributed by atoms with Crippen LogP contribution >= 0.6 is 0 Å². The molecule has 2 fully saturated rings. The summed E-state index contributed by atoms with van der Waals surface area (Å²) < 4.78 is 11.5. The van der Waals surface area contributed by atoms with Gasteiger partial charge in [0.1, 0.15) is 5.60 Å². The van der Waals surface area contributed by atoms with E-state index in [-0.39, 0.29) is 23.4 Å². The molecule has 0 amide bonds. The summed E-state index contributed by atoms with van der Waals surface area (Å²) in [7, 11) is 1.73. The minimum absolute atomic E-state index is 0.135. The molecule has 0 aromatic carbocycles. The van der Waals surface area contributed by atoms with Crippen LogP contribution in [0.15, 0.2) is 0 Å². The molecule has 0 aromatic rings. The fraction of sp³-hybridized carbons (Fsp3) is 1.00. The van der Waals surface area contributed by atoms with Gasteiger partial charge in [-0.2, -0.15) is 0 Å². The van der Waals surface area contributed by atoms with Crippen LogP contribution in [-0.4, -0.2) is 35.6 Å². The molecule has 14 heavy (non-hydrogen) atoms. The predicted molar refractivity (Wildman–Crippen MR) is 53.1 cm³/mol. The number of rotatable bonds is 2. The van der Waals surface area contributed by atoms with Crippen LogP contribution in [0, 0.1) is 5.92 Å². The Balaban J connectivity index is 2.31. The number of fused-ring (bicyclic) bond motifs is 2. The average Bonchev–Trinajstić information content (AvgIpc) is 2.53. The van der Waals surface area contributed by atoms with E-state index in [9.17, 15) is 5.11 Å². The predicted octanol–water partition coefficient (Wildman–Crippen LogP) is 1.34. The molecule has 2 aliphatic rings. The molecule has 0 aliphatic carbocycles. The minimum Gasteiger partial charge on any atom is -0.390 e. The van der Waals surface area contributed by atoms with Crippen LogP contribution in [0.1, 0.15) is 33.6 Å². The van der Waals surface area contributed by atoms with Crippen LogP contribution in [-0.2, 0) is 9.47 Å². The van der Waals surface area contributed by atoms with Gasteiger partial charge in [0.2, 0.25) is 0 Å². The van der Waals surface area contributed by atoms with Gasteiger partial charge in [-0.05, 0) is 12.8 Å². The van der Waals surface area contributed by atoms with E-state index < -0.39 is 0 Å². The Bertz CT molecular complexity index is 241. The SMILES string of the molecule is CO[C@H]1C[C@]2(C)O[C@@]1(C(C)C)C[C@H]2O. The number of hydrogen-bond acceptors (Lipinski definition) is 3. The molecule has 0 saturated carbocycles. The number of ether oxygens (including phenoxy) is 2. The van der Waals surface area contributed by atoms with Crippen molar-refractivity contribution < 1.29 is 14.6 Å². The molecule has 4 atom stereocenters. The third-order valence-corrected chi connectivity index (χ3v) is 4.04. The van der Waals surface area contributed by atoms with E-state index in [0.29, 0.717) is 12.3 Å². The van der Waals surface area contributed by atoms with Crippen molar-refractivity contribution in [1.29, 1.82) is 0 Å². The van der Waals surface area contributed by atoms with Gasteiger partial charge in [-0.1, -0.05) is 13.8 Å². The molecule has 1 N–H and O–H groups in total. The first kappa shape index (κ1) is 10.4.